The average Bonchev–Trinajstić information content (AvgIpc) is 2.92. The number of anilines is 2. The van der Waals surface area contributed by atoms with Crippen molar-refractivity contribution in [2.45, 2.75) is 5.03 Å². The van der Waals surface area contributed by atoms with Crippen molar-refractivity contribution in [1.82, 2.24) is 19.6 Å². The van der Waals surface area contributed by atoms with Crippen LogP contribution in [0.15, 0.2) is 29.0 Å². The second kappa shape index (κ2) is 3.71. The summed E-state index contributed by atoms with van der Waals surface area (Å²) in [5, 5.41) is 7.84. The largest absolute Gasteiger partial charge is 0.381 e. The number of rotatable bonds is 3. The Hall–Kier alpha value is -2.07. The smallest absolute Gasteiger partial charge is 0.281 e. The van der Waals surface area contributed by atoms with E-state index < -0.39 is 10.0 Å². The maximum Gasteiger partial charge on any atom is 0.281 e. The van der Waals surface area contributed by atoms with E-state index in [-0.39, 0.29) is 10.8 Å². The van der Waals surface area contributed by atoms with Crippen molar-refractivity contribution in [3.05, 3.63) is 24.0 Å². The molecule has 0 aromatic carbocycles. The van der Waals surface area contributed by atoms with Gasteiger partial charge in [0.15, 0.2) is 10.8 Å². The molecule has 0 aliphatic carbocycles. The van der Waals surface area contributed by atoms with Gasteiger partial charge in [0.25, 0.3) is 10.0 Å². The molecule has 0 atom stereocenters. The van der Waals surface area contributed by atoms with Crippen molar-refractivity contribution < 1.29 is 8.42 Å². The van der Waals surface area contributed by atoms with E-state index in [0.717, 1.165) is 0 Å². The molecule has 94 valence electrons. The Balaban J connectivity index is 2.13. The first-order valence-electron chi connectivity index (χ1n) is 4.80. The average molecular weight is 284 g/mol. The molecule has 0 aliphatic rings. The number of nitrogens with one attached hydrogen (secondary N) is 2. The SMILES string of the molecule is Nc1nc2sccn2c1S(=O)(=O)Nc1cn[nH]c1. The second-order valence-corrected chi connectivity index (χ2v) is 5.92. The monoisotopic (exact) mass is 284 g/mol. The normalized spacial score (nSPS) is 12.0. The van der Waals surface area contributed by atoms with Gasteiger partial charge in [-0.25, -0.2) is 4.98 Å². The van der Waals surface area contributed by atoms with Crippen LogP contribution in [0.5, 0.6) is 0 Å². The van der Waals surface area contributed by atoms with E-state index in [1.165, 1.54) is 28.1 Å². The summed E-state index contributed by atoms with van der Waals surface area (Å²) in [6.45, 7) is 0. The Morgan fingerprint density at radius 3 is 3.06 bits per heavy atom. The van der Waals surface area contributed by atoms with Crippen molar-refractivity contribution in [3.8, 4) is 0 Å². The fraction of sp³-hybridized carbons (Fsp3) is 0. The van der Waals surface area contributed by atoms with E-state index in [1.54, 1.807) is 11.6 Å². The van der Waals surface area contributed by atoms with Crippen LogP contribution in [0.1, 0.15) is 0 Å². The number of fused-ring (bicyclic) bond motifs is 1. The van der Waals surface area contributed by atoms with Gasteiger partial charge in [-0.05, 0) is 0 Å². The molecule has 10 heteroatoms. The minimum Gasteiger partial charge on any atom is -0.381 e. The van der Waals surface area contributed by atoms with Gasteiger partial charge in [-0.1, -0.05) is 0 Å². The fourth-order valence-electron chi connectivity index (χ4n) is 1.56. The number of hydrogen-bond donors (Lipinski definition) is 3. The Bertz CT molecular complexity index is 785. The molecule has 0 saturated heterocycles. The number of H-pyrrole nitrogens is 1. The van der Waals surface area contributed by atoms with E-state index in [2.05, 4.69) is 19.9 Å². The third-order valence-electron chi connectivity index (χ3n) is 2.25. The van der Waals surface area contributed by atoms with Gasteiger partial charge in [0, 0.05) is 17.8 Å². The molecule has 0 radical (unpaired) electrons. The number of aromatic nitrogens is 4. The van der Waals surface area contributed by atoms with Gasteiger partial charge in [0.1, 0.15) is 0 Å². The van der Waals surface area contributed by atoms with Crippen molar-refractivity contribution in [1.29, 1.82) is 0 Å². The fourth-order valence-corrected chi connectivity index (χ4v) is 3.58. The summed E-state index contributed by atoms with van der Waals surface area (Å²) >= 11 is 1.31. The minimum absolute atomic E-state index is 0.0298. The molecule has 3 aromatic heterocycles. The van der Waals surface area contributed by atoms with Crippen LogP contribution < -0.4 is 10.5 Å². The number of nitrogens with two attached hydrogens (primary N) is 1. The first-order valence-corrected chi connectivity index (χ1v) is 7.17. The molecule has 0 saturated carbocycles. The zero-order valence-electron chi connectivity index (χ0n) is 8.86. The number of aromatic amines is 1. The molecule has 4 N–H and O–H groups in total. The number of imidazole rings is 1. The maximum atomic E-state index is 12.2. The number of nitrogen functional groups attached to an aromatic ring is 1. The summed E-state index contributed by atoms with van der Waals surface area (Å²) in [4.78, 5) is 4.51. The van der Waals surface area contributed by atoms with Gasteiger partial charge in [-0.3, -0.25) is 14.2 Å². The summed E-state index contributed by atoms with van der Waals surface area (Å²) in [5.74, 6) is -0.0298. The summed E-state index contributed by atoms with van der Waals surface area (Å²) in [7, 11) is -3.79. The van der Waals surface area contributed by atoms with Crippen LogP contribution in [0.3, 0.4) is 0 Å². The van der Waals surface area contributed by atoms with Gasteiger partial charge in [0.2, 0.25) is 5.03 Å². The van der Waals surface area contributed by atoms with Gasteiger partial charge in [-0.2, -0.15) is 13.5 Å². The first kappa shape index (κ1) is 11.0. The zero-order valence-corrected chi connectivity index (χ0v) is 10.5. The van der Waals surface area contributed by atoms with Crippen molar-refractivity contribution in [2.24, 2.45) is 0 Å². The Morgan fingerprint density at radius 2 is 2.33 bits per heavy atom. The van der Waals surface area contributed by atoms with E-state index in [1.807, 2.05) is 0 Å². The molecule has 8 nitrogen and oxygen atoms in total. The van der Waals surface area contributed by atoms with Crippen LogP contribution >= 0.6 is 11.3 Å². The van der Waals surface area contributed by atoms with Crippen LogP contribution in [-0.4, -0.2) is 28.0 Å². The highest BCUT2D eigenvalue weighted by molar-refractivity contribution is 7.92. The molecule has 0 fully saturated rings. The lowest BCUT2D eigenvalue weighted by molar-refractivity contribution is 0.597. The Labute approximate surface area is 106 Å². The molecule has 3 heterocycles. The Kier molecular flexibility index (Phi) is 2.28. The standard InChI is InChI=1S/C8H8N6O2S2/c9-6-7(14-1-2-17-8(14)12-6)18(15,16)13-5-3-10-11-4-5/h1-4,13H,9H2,(H,10,11). The lowest BCUT2D eigenvalue weighted by atomic mass is 10.6. The topological polar surface area (TPSA) is 118 Å². The van der Waals surface area contributed by atoms with E-state index >= 15 is 0 Å². The number of nitrogens with zero attached hydrogens (tertiary/aromatic N) is 3. The predicted octanol–water partition coefficient (Wildman–Crippen LogP) is 0.502. The molecular formula is C8H8N6O2S2. The predicted molar refractivity (Wildman–Crippen MR) is 66.9 cm³/mol. The highest BCUT2D eigenvalue weighted by Gasteiger charge is 2.24. The van der Waals surface area contributed by atoms with E-state index in [4.69, 9.17) is 5.73 Å². The maximum absolute atomic E-state index is 12.2. The van der Waals surface area contributed by atoms with Gasteiger partial charge >= 0.3 is 0 Å². The highest BCUT2D eigenvalue weighted by atomic mass is 32.2. The van der Waals surface area contributed by atoms with Gasteiger partial charge in [0.05, 0.1) is 11.9 Å². The molecule has 18 heavy (non-hydrogen) atoms. The lowest BCUT2D eigenvalue weighted by Gasteiger charge is -2.04. The summed E-state index contributed by atoms with van der Waals surface area (Å²) in [6, 6.07) is 0. The van der Waals surface area contributed by atoms with Gasteiger partial charge in [-0.15, -0.1) is 11.3 Å². The quantitative estimate of drug-likeness (QED) is 0.647. The molecule has 0 bridgehead atoms. The van der Waals surface area contributed by atoms with Crippen LogP contribution in [0.2, 0.25) is 0 Å². The van der Waals surface area contributed by atoms with Crippen molar-refractivity contribution in [2.75, 3.05) is 10.5 Å². The molecule has 0 aliphatic heterocycles. The third kappa shape index (κ3) is 1.62. The summed E-state index contributed by atoms with van der Waals surface area (Å²) < 4.78 is 28.2. The van der Waals surface area contributed by atoms with Gasteiger partial charge < -0.3 is 5.73 Å². The number of hydrogen-bond acceptors (Lipinski definition) is 6. The van der Waals surface area contributed by atoms with Crippen LogP contribution in [-0.2, 0) is 10.0 Å². The second-order valence-electron chi connectivity index (χ2n) is 3.45. The van der Waals surface area contributed by atoms with Crippen LogP contribution in [0.25, 0.3) is 4.96 Å². The molecular weight excluding hydrogens is 276 g/mol. The Morgan fingerprint density at radius 1 is 1.50 bits per heavy atom. The highest BCUT2D eigenvalue weighted by Crippen LogP contribution is 2.24. The molecule has 3 rings (SSSR count). The molecule has 0 unspecified atom stereocenters. The lowest BCUT2D eigenvalue weighted by Crippen LogP contribution is -2.16. The van der Waals surface area contributed by atoms with Crippen LogP contribution in [0.4, 0.5) is 11.5 Å². The first-order chi connectivity index (χ1) is 8.58. The molecule has 0 spiro atoms. The molecule has 3 aromatic rings. The van der Waals surface area contributed by atoms with E-state index in [9.17, 15) is 8.42 Å². The zero-order chi connectivity index (χ0) is 12.8. The molecule has 0 amide bonds. The van der Waals surface area contributed by atoms with Crippen LogP contribution in [0, 0.1) is 0 Å². The van der Waals surface area contributed by atoms with Crippen molar-refractivity contribution >= 4 is 37.8 Å². The van der Waals surface area contributed by atoms with E-state index in [0.29, 0.717) is 10.6 Å². The third-order valence-corrected chi connectivity index (χ3v) is 4.42. The number of sulfonamides is 1. The van der Waals surface area contributed by atoms with Crippen molar-refractivity contribution in [3.63, 3.8) is 0 Å². The number of thiazole rings is 1. The summed E-state index contributed by atoms with van der Waals surface area (Å²) in [5.41, 5.74) is 5.98. The summed E-state index contributed by atoms with van der Waals surface area (Å²) in [6.07, 6.45) is 4.40. The minimum atomic E-state index is -3.79.